The van der Waals surface area contributed by atoms with E-state index in [-0.39, 0.29) is 18.1 Å². The second kappa shape index (κ2) is 9.41. The molecular weight excluding hydrogens is 336 g/mol. The van der Waals surface area contributed by atoms with E-state index in [1.807, 2.05) is 0 Å². The predicted molar refractivity (Wildman–Crippen MR) is 97.1 cm³/mol. The second-order valence-electron chi connectivity index (χ2n) is 5.48. The number of pyridine rings is 1. The van der Waals surface area contributed by atoms with Crippen LogP contribution in [0, 0.1) is 0 Å². The van der Waals surface area contributed by atoms with Gasteiger partial charge in [-0.1, -0.05) is 0 Å². The van der Waals surface area contributed by atoms with Gasteiger partial charge in [-0.2, -0.15) is 0 Å². The Hall–Kier alpha value is -3.09. The summed E-state index contributed by atoms with van der Waals surface area (Å²) in [5.74, 6) is 1.19. The standard InChI is InChI=1S/C19H22N2O5/c1-13(22)14-8-9-16(17(12-14)24-2)26-11-5-7-18(23)21-15-6-4-10-20-19(15)25-3/h4,6,8-10,12H,5,7,11H2,1-3H3,(H,21,23). The zero-order valence-corrected chi connectivity index (χ0v) is 15.1. The maximum absolute atomic E-state index is 12.0. The van der Waals surface area contributed by atoms with Gasteiger partial charge in [-0.15, -0.1) is 0 Å². The van der Waals surface area contributed by atoms with Crippen molar-refractivity contribution in [2.75, 3.05) is 26.1 Å². The summed E-state index contributed by atoms with van der Waals surface area (Å²) >= 11 is 0. The van der Waals surface area contributed by atoms with E-state index < -0.39 is 0 Å². The number of anilines is 1. The highest BCUT2D eigenvalue weighted by Crippen LogP contribution is 2.28. The van der Waals surface area contributed by atoms with Crippen LogP contribution in [0.5, 0.6) is 17.4 Å². The van der Waals surface area contributed by atoms with E-state index in [4.69, 9.17) is 14.2 Å². The molecule has 1 aromatic heterocycles. The summed E-state index contributed by atoms with van der Waals surface area (Å²) in [5.41, 5.74) is 1.08. The molecule has 2 aromatic rings. The molecule has 138 valence electrons. The lowest BCUT2D eigenvalue weighted by Gasteiger charge is -2.12. The van der Waals surface area contributed by atoms with Crippen LogP contribution in [0.4, 0.5) is 5.69 Å². The van der Waals surface area contributed by atoms with Crippen LogP contribution in [0.3, 0.4) is 0 Å². The van der Waals surface area contributed by atoms with Crippen molar-refractivity contribution in [1.82, 2.24) is 4.98 Å². The van der Waals surface area contributed by atoms with Crippen LogP contribution in [0.2, 0.25) is 0 Å². The van der Waals surface area contributed by atoms with E-state index in [0.717, 1.165) is 0 Å². The Bertz CT molecular complexity index is 776. The van der Waals surface area contributed by atoms with Crippen LogP contribution in [-0.4, -0.2) is 37.5 Å². The number of aromatic nitrogens is 1. The lowest BCUT2D eigenvalue weighted by atomic mass is 10.1. The summed E-state index contributed by atoms with van der Waals surface area (Å²) < 4.78 is 16.0. The molecule has 0 bridgehead atoms. The number of Topliss-reactive ketones (excluding diaryl/α,β-unsaturated/α-hetero) is 1. The van der Waals surface area contributed by atoms with Gasteiger partial charge in [0, 0.05) is 18.2 Å². The minimum absolute atomic E-state index is 0.0441. The van der Waals surface area contributed by atoms with Crippen LogP contribution in [0.25, 0.3) is 0 Å². The summed E-state index contributed by atoms with van der Waals surface area (Å²) in [7, 11) is 3.01. The number of benzene rings is 1. The van der Waals surface area contributed by atoms with Crippen molar-refractivity contribution in [2.24, 2.45) is 0 Å². The number of nitrogens with one attached hydrogen (secondary N) is 1. The Kier molecular flexibility index (Phi) is 6.96. The van der Waals surface area contributed by atoms with Crippen LogP contribution in [0.1, 0.15) is 30.1 Å². The topological polar surface area (TPSA) is 86.8 Å². The first-order chi connectivity index (χ1) is 12.5. The molecule has 2 rings (SSSR count). The lowest BCUT2D eigenvalue weighted by molar-refractivity contribution is -0.116. The molecule has 0 spiro atoms. The smallest absolute Gasteiger partial charge is 0.237 e. The number of ketones is 1. The lowest BCUT2D eigenvalue weighted by Crippen LogP contribution is -2.14. The molecule has 1 aromatic carbocycles. The van der Waals surface area contributed by atoms with Gasteiger partial charge < -0.3 is 19.5 Å². The van der Waals surface area contributed by atoms with Crippen LogP contribution >= 0.6 is 0 Å². The van der Waals surface area contributed by atoms with E-state index in [1.165, 1.54) is 21.1 Å². The van der Waals surface area contributed by atoms with Crippen molar-refractivity contribution < 1.29 is 23.8 Å². The molecule has 0 saturated heterocycles. The third kappa shape index (κ3) is 5.20. The average molecular weight is 358 g/mol. The van der Waals surface area contributed by atoms with Crippen molar-refractivity contribution in [1.29, 1.82) is 0 Å². The van der Waals surface area contributed by atoms with Gasteiger partial charge in [-0.25, -0.2) is 4.98 Å². The number of carbonyl (C=O) groups is 2. The molecule has 0 aliphatic carbocycles. The normalized spacial score (nSPS) is 10.1. The Morgan fingerprint density at radius 1 is 1.12 bits per heavy atom. The van der Waals surface area contributed by atoms with Crippen LogP contribution < -0.4 is 19.5 Å². The first-order valence-electron chi connectivity index (χ1n) is 8.15. The molecule has 0 aliphatic heterocycles. The second-order valence-corrected chi connectivity index (χ2v) is 5.48. The molecule has 1 amide bonds. The summed E-state index contributed by atoms with van der Waals surface area (Å²) in [6.07, 6.45) is 2.39. The fourth-order valence-corrected chi connectivity index (χ4v) is 2.28. The van der Waals surface area contributed by atoms with Crippen molar-refractivity contribution in [3.8, 4) is 17.4 Å². The monoisotopic (exact) mass is 358 g/mol. The molecular formula is C19H22N2O5. The molecule has 26 heavy (non-hydrogen) atoms. The SMILES string of the molecule is COc1cc(C(C)=O)ccc1OCCCC(=O)Nc1cccnc1OC. The number of hydrogen-bond acceptors (Lipinski definition) is 6. The molecule has 0 unspecified atom stereocenters. The zero-order chi connectivity index (χ0) is 18.9. The molecule has 7 nitrogen and oxygen atoms in total. The molecule has 0 saturated carbocycles. The highest BCUT2D eigenvalue weighted by atomic mass is 16.5. The highest BCUT2D eigenvalue weighted by molar-refractivity contribution is 5.94. The summed E-state index contributed by atoms with van der Waals surface area (Å²) in [6, 6.07) is 8.46. The zero-order valence-electron chi connectivity index (χ0n) is 15.1. The van der Waals surface area contributed by atoms with Crippen molar-refractivity contribution in [3.63, 3.8) is 0 Å². The third-order valence-corrected chi connectivity index (χ3v) is 3.61. The molecule has 0 aliphatic rings. The first-order valence-corrected chi connectivity index (χ1v) is 8.15. The summed E-state index contributed by atoms with van der Waals surface area (Å²) in [5, 5.41) is 2.76. The van der Waals surface area contributed by atoms with Gasteiger partial charge in [0.2, 0.25) is 11.8 Å². The maximum atomic E-state index is 12.0. The number of carbonyl (C=O) groups excluding carboxylic acids is 2. The molecule has 0 atom stereocenters. The largest absolute Gasteiger partial charge is 0.493 e. The number of ether oxygens (including phenoxy) is 3. The summed E-state index contributed by atoms with van der Waals surface area (Å²) in [6.45, 7) is 1.83. The fourth-order valence-electron chi connectivity index (χ4n) is 2.28. The molecule has 7 heteroatoms. The van der Waals surface area contributed by atoms with E-state index in [0.29, 0.717) is 41.7 Å². The predicted octanol–water partition coefficient (Wildman–Crippen LogP) is 3.10. The number of hydrogen-bond donors (Lipinski definition) is 1. The van der Waals surface area contributed by atoms with E-state index in [1.54, 1.807) is 36.5 Å². The van der Waals surface area contributed by atoms with E-state index >= 15 is 0 Å². The van der Waals surface area contributed by atoms with Gasteiger partial charge >= 0.3 is 0 Å². The quantitative estimate of drug-likeness (QED) is 0.547. The highest BCUT2D eigenvalue weighted by Gasteiger charge is 2.10. The number of rotatable bonds is 9. The Morgan fingerprint density at radius 2 is 1.92 bits per heavy atom. The van der Waals surface area contributed by atoms with Gasteiger partial charge in [0.05, 0.1) is 20.8 Å². The molecule has 1 heterocycles. The molecule has 1 N–H and O–H groups in total. The van der Waals surface area contributed by atoms with Gasteiger partial charge in [-0.3, -0.25) is 9.59 Å². The number of nitrogens with zero attached hydrogens (tertiary/aromatic N) is 1. The number of amides is 1. The Morgan fingerprint density at radius 3 is 2.62 bits per heavy atom. The van der Waals surface area contributed by atoms with Gasteiger partial charge in [0.25, 0.3) is 0 Å². The molecule has 0 radical (unpaired) electrons. The summed E-state index contributed by atoms with van der Waals surface area (Å²) in [4.78, 5) is 27.4. The van der Waals surface area contributed by atoms with Gasteiger partial charge in [0.1, 0.15) is 5.69 Å². The van der Waals surface area contributed by atoms with Crippen molar-refractivity contribution in [3.05, 3.63) is 42.1 Å². The third-order valence-electron chi connectivity index (χ3n) is 3.61. The minimum Gasteiger partial charge on any atom is -0.493 e. The fraction of sp³-hybridized carbons (Fsp3) is 0.316. The van der Waals surface area contributed by atoms with Crippen LogP contribution in [0.15, 0.2) is 36.5 Å². The van der Waals surface area contributed by atoms with Gasteiger partial charge in [-0.05, 0) is 43.7 Å². The van der Waals surface area contributed by atoms with Crippen molar-refractivity contribution >= 4 is 17.4 Å². The first kappa shape index (κ1) is 19.2. The Labute approximate surface area is 152 Å². The van der Waals surface area contributed by atoms with Crippen LogP contribution in [-0.2, 0) is 4.79 Å². The van der Waals surface area contributed by atoms with E-state index in [9.17, 15) is 9.59 Å². The average Bonchev–Trinajstić information content (AvgIpc) is 2.65. The number of methoxy groups -OCH3 is 2. The maximum Gasteiger partial charge on any atom is 0.237 e. The van der Waals surface area contributed by atoms with Gasteiger partial charge in [0.15, 0.2) is 17.3 Å². The molecule has 0 fully saturated rings. The Balaban J connectivity index is 1.83. The minimum atomic E-state index is -0.154. The van der Waals surface area contributed by atoms with E-state index in [2.05, 4.69) is 10.3 Å². The van der Waals surface area contributed by atoms with Crippen molar-refractivity contribution in [2.45, 2.75) is 19.8 Å².